The van der Waals surface area contributed by atoms with E-state index in [0.29, 0.717) is 0 Å². The van der Waals surface area contributed by atoms with Crippen LogP contribution in [0.3, 0.4) is 0 Å². The predicted octanol–water partition coefficient (Wildman–Crippen LogP) is 2.90. The molecule has 1 aromatic rings. The van der Waals surface area contributed by atoms with Gasteiger partial charge in [0.1, 0.15) is 0 Å². The van der Waals surface area contributed by atoms with Crippen molar-refractivity contribution in [1.29, 1.82) is 0 Å². The van der Waals surface area contributed by atoms with Gasteiger partial charge in [0.05, 0.1) is 0 Å². The van der Waals surface area contributed by atoms with E-state index >= 15 is 0 Å². The molecule has 1 N–H and O–H groups in total. The van der Waals surface area contributed by atoms with Gasteiger partial charge < -0.3 is 5.32 Å². The van der Waals surface area contributed by atoms with Crippen molar-refractivity contribution >= 4 is 5.69 Å². The second-order valence-corrected chi connectivity index (χ2v) is 4.35. The maximum Gasteiger partial charge on any atom is 0.0342 e. The molecule has 0 heterocycles. The number of anilines is 1. The zero-order valence-corrected chi connectivity index (χ0v) is 7.74. The van der Waals surface area contributed by atoms with Gasteiger partial charge in [-0.25, -0.2) is 0 Å². The molecule has 0 amide bonds. The summed E-state index contributed by atoms with van der Waals surface area (Å²) in [6.07, 6.45) is 4.31. The summed E-state index contributed by atoms with van der Waals surface area (Å²) in [4.78, 5) is 0. The number of rotatable bonds is 2. The third-order valence-electron chi connectivity index (χ3n) is 3.47. The van der Waals surface area contributed by atoms with Crippen LogP contribution in [0.15, 0.2) is 30.3 Å². The average molecular weight is 173 g/mol. The largest absolute Gasteiger partial charge is 0.382 e. The van der Waals surface area contributed by atoms with Gasteiger partial charge in [0.15, 0.2) is 0 Å². The molecule has 0 radical (unpaired) electrons. The number of benzene rings is 1. The first-order valence-corrected chi connectivity index (χ1v) is 5.25. The summed E-state index contributed by atoms with van der Waals surface area (Å²) < 4.78 is 0. The molecule has 1 heteroatoms. The first-order chi connectivity index (χ1) is 6.43. The van der Waals surface area contributed by atoms with Crippen LogP contribution in [-0.2, 0) is 0 Å². The molecule has 2 aliphatic carbocycles. The Labute approximate surface area is 79.2 Å². The molecule has 68 valence electrons. The molecule has 0 aliphatic heterocycles. The lowest BCUT2D eigenvalue weighted by molar-refractivity contribution is 0.654. The molecule has 1 nitrogen and oxygen atoms in total. The highest BCUT2D eigenvalue weighted by Gasteiger charge is 2.47. The topological polar surface area (TPSA) is 12.0 Å². The lowest BCUT2D eigenvalue weighted by atomic mass is 10.1. The zero-order chi connectivity index (χ0) is 8.67. The summed E-state index contributed by atoms with van der Waals surface area (Å²) >= 11 is 0. The minimum absolute atomic E-state index is 0.771. The van der Waals surface area contributed by atoms with Gasteiger partial charge in [0.25, 0.3) is 0 Å². The first kappa shape index (κ1) is 7.43. The van der Waals surface area contributed by atoms with Gasteiger partial charge in [-0.3, -0.25) is 0 Å². The molecule has 13 heavy (non-hydrogen) atoms. The lowest BCUT2D eigenvalue weighted by Gasteiger charge is -2.15. The normalized spacial score (nSPS) is 35.5. The van der Waals surface area contributed by atoms with E-state index in [1.54, 1.807) is 0 Å². The van der Waals surface area contributed by atoms with Crippen LogP contribution in [0.1, 0.15) is 19.3 Å². The molecule has 3 rings (SSSR count). The van der Waals surface area contributed by atoms with E-state index < -0.39 is 0 Å². The van der Waals surface area contributed by atoms with E-state index in [1.807, 2.05) is 0 Å². The summed E-state index contributed by atoms with van der Waals surface area (Å²) in [5.41, 5.74) is 1.29. The van der Waals surface area contributed by atoms with Crippen molar-refractivity contribution < 1.29 is 0 Å². The Bertz CT molecular complexity index is 293. The van der Waals surface area contributed by atoms with Crippen molar-refractivity contribution in [3.05, 3.63) is 30.3 Å². The number of hydrogen-bond acceptors (Lipinski definition) is 1. The van der Waals surface area contributed by atoms with Crippen LogP contribution in [-0.4, -0.2) is 6.04 Å². The van der Waals surface area contributed by atoms with Crippen molar-refractivity contribution in [1.82, 2.24) is 0 Å². The van der Waals surface area contributed by atoms with Gasteiger partial charge in [-0.1, -0.05) is 18.2 Å². The molecule has 3 atom stereocenters. The van der Waals surface area contributed by atoms with Crippen molar-refractivity contribution in [3.63, 3.8) is 0 Å². The van der Waals surface area contributed by atoms with Gasteiger partial charge in [-0.15, -0.1) is 0 Å². The van der Waals surface area contributed by atoms with E-state index in [9.17, 15) is 0 Å². The van der Waals surface area contributed by atoms with Crippen LogP contribution in [0.4, 0.5) is 5.69 Å². The van der Waals surface area contributed by atoms with Crippen LogP contribution in [0.2, 0.25) is 0 Å². The number of para-hydroxylation sites is 1. The Kier molecular flexibility index (Phi) is 1.58. The Balaban J connectivity index is 1.69. The molecule has 2 fully saturated rings. The Morgan fingerprint density at radius 2 is 1.92 bits per heavy atom. The van der Waals surface area contributed by atoms with E-state index in [2.05, 4.69) is 35.6 Å². The quantitative estimate of drug-likeness (QED) is 0.725. The third kappa shape index (κ3) is 1.32. The molecule has 0 bridgehead atoms. The fraction of sp³-hybridized carbons (Fsp3) is 0.500. The maximum absolute atomic E-state index is 3.63. The van der Waals surface area contributed by atoms with Crippen LogP contribution in [0.5, 0.6) is 0 Å². The van der Waals surface area contributed by atoms with Gasteiger partial charge in [-0.2, -0.15) is 0 Å². The van der Waals surface area contributed by atoms with E-state index in [1.165, 1.54) is 24.9 Å². The van der Waals surface area contributed by atoms with Crippen molar-refractivity contribution in [2.45, 2.75) is 25.3 Å². The number of nitrogens with one attached hydrogen (secondary N) is 1. The van der Waals surface area contributed by atoms with Crippen molar-refractivity contribution in [3.8, 4) is 0 Å². The molecule has 0 saturated heterocycles. The minimum Gasteiger partial charge on any atom is -0.382 e. The predicted molar refractivity (Wildman–Crippen MR) is 54.7 cm³/mol. The monoisotopic (exact) mass is 173 g/mol. The third-order valence-corrected chi connectivity index (χ3v) is 3.47. The van der Waals surface area contributed by atoms with E-state index in [0.717, 1.165) is 17.9 Å². The summed E-state index contributed by atoms with van der Waals surface area (Å²) in [7, 11) is 0. The Morgan fingerprint density at radius 3 is 2.54 bits per heavy atom. The van der Waals surface area contributed by atoms with Crippen LogP contribution in [0, 0.1) is 11.8 Å². The lowest BCUT2D eigenvalue weighted by Crippen LogP contribution is -2.18. The van der Waals surface area contributed by atoms with Gasteiger partial charge in [-0.05, 0) is 43.2 Å². The summed E-state index contributed by atoms with van der Waals surface area (Å²) in [5, 5.41) is 3.63. The molecule has 3 unspecified atom stereocenters. The fourth-order valence-electron chi connectivity index (χ4n) is 2.63. The summed E-state index contributed by atoms with van der Waals surface area (Å²) in [5.74, 6) is 2.07. The SMILES string of the molecule is c1ccc(NC2CCC3CC32)cc1. The zero-order valence-electron chi connectivity index (χ0n) is 7.74. The van der Waals surface area contributed by atoms with Gasteiger partial charge in [0.2, 0.25) is 0 Å². The highest BCUT2D eigenvalue weighted by molar-refractivity contribution is 5.44. The average Bonchev–Trinajstić information content (AvgIpc) is 2.86. The molecule has 0 aromatic heterocycles. The maximum atomic E-state index is 3.63. The van der Waals surface area contributed by atoms with E-state index in [4.69, 9.17) is 0 Å². The second kappa shape index (κ2) is 2.76. The minimum atomic E-state index is 0.771. The van der Waals surface area contributed by atoms with Gasteiger partial charge in [0, 0.05) is 11.7 Å². The van der Waals surface area contributed by atoms with Crippen molar-refractivity contribution in [2.75, 3.05) is 5.32 Å². The van der Waals surface area contributed by atoms with Crippen LogP contribution in [0.25, 0.3) is 0 Å². The first-order valence-electron chi connectivity index (χ1n) is 5.25. The highest BCUT2D eigenvalue weighted by atomic mass is 15.0. The van der Waals surface area contributed by atoms with Gasteiger partial charge >= 0.3 is 0 Å². The standard InChI is InChI=1S/C12H15N/c1-2-4-10(5-3-1)13-12-7-6-9-8-11(9)12/h1-5,9,11-13H,6-8H2. The highest BCUT2D eigenvalue weighted by Crippen LogP contribution is 2.52. The molecule has 0 spiro atoms. The number of hydrogen-bond donors (Lipinski definition) is 1. The molecule has 2 saturated carbocycles. The molecular formula is C12H15N. The second-order valence-electron chi connectivity index (χ2n) is 4.35. The van der Waals surface area contributed by atoms with Crippen molar-refractivity contribution in [2.24, 2.45) is 11.8 Å². The summed E-state index contributed by atoms with van der Waals surface area (Å²) in [6, 6.07) is 11.4. The summed E-state index contributed by atoms with van der Waals surface area (Å²) in [6.45, 7) is 0. The fourth-order valence-corrected chi connectivity index (χ4v) is 2.63. The van der Waals surface area contributed by atoms with E-state index in [-0.39, 0.29) is 0 Å². The van der Waals surface area contributed by atoms with Crippen LogP contribution >= 0.6 is 0 Å². The Morgan fingerprint density at radius 1 is 1.08 bits per heavy atom. The number of fused-ring (bicyclic) bond motifs is 1. The smallest absolute Gasteiger partial charge is 0.0342 e. The molecular weight excluding hydrogens is 158 g/mol. The molecule has 1 aromatic carbocycles. The Hall–Kier alpha value is -0.980. The molecule has 2 aliphatic rings. The van der Waals surface area contributed by atoms with Crippen LogP contribution < -0.4 is 5.32 Å².